The number of hydrogen-bond donors (Lipinski definition) is 2. The molecule has 0 aromatic heterocycles. The number of nitrogens with zero attached hydrogens (tertiary/aromatic N) is 1. The molecule has 0 saturated carbocycles. The van der Waals surface area contributed by atoms with E-state index in [0.29, 0.717) is 19.8 Å². The normalized spacial score (nSPS) is 16.4. The molecular weight excluding hydrogens is 378 g/mol. The number of hydrogen-bond acceptors (Lipinski definition) is 4. The van der Waals surface area contributed by atoms with Crippen LogP contribution in [0, 0.1) is 0 Å². The number of nitrogens with one attached hydrogen (secondary N) is 2. The van der Waals surface area contributed by atoms with E-state index < -0.39 is 0 Å². The topological polar surface area (TPSA) is 64.1 Å². The van der Waals surface area contributed by atoms with Crippen molar-refractivity contribution in [2.75, 3.05) is 33.4 Å². The van der Waals surface area contributed by atoms with Crippen molar-refractivity contribution >= 4 is 5.96 Å². The fourth-order valence-corrected chi connectivity index (χ4v) is 3.30. The number of aliphatic imine (C=N–C) groups is 1. The number of para-hydroxylation sites is 1. The summed E-state index contributed by atoms with van der Waals surface area (Å²) in [5.74, 6) is 1.65. The van der Waals surface area contributed by atoms with E-state index >= 15 is 0 Å². The molecule has 162 valence electrons. The van der Waals surface area contributed by atoms with Gasteiger partial charge < -0.3 is 24.8 Å². The molecule has 6 nitrogen and oxygen atoms in total. The van der Waals surface area contributed by atoms with Crippen molar-refractivity contribution in [3.63, 3.8) is 0 Å². The van der Waals surface area contributed by atoms with Gasteiger partial charge in [0.25, 0.3) is 0 Å². The Balaban J connectivity index is 1.36. The second-order valence-electron chi connectivity index (χ2n) is 7.30. The summed E-state index contributed by atoms with van der Waals surface area (Å²) in [5.41, 5.74) is 2.25. The molecule has 1 aliphatic heterocycles. The van der Waals surface area contributed by atoms with Crippen LogP contribution >= 0.6 is 0 Å². The maximum absolute atomic E-state index is 6.03. The molecule has 1 aliphatic rings. The molecule has 1 unspecified atom stereocenters. The Morgan fingerprint density at radius 2 is 1.93 bits per heavy atom. The molecule has 1 fully saturated rings. The first-order valence-electron chi connectivity index (χ1n) is 10.7. The zero-order valence-electron chi connectivity index (χ0n) is 17.8. The highest BCUT2D eigenvalue weighted by Crippen LogP contribution is 2.19. The highest BCUT2D eigenvalue weighted by atomic mass is 16.5. The van der Waals surface area contributed by atoms with Crippen LogP contribution in [0.2, 0.25) is 0 Å². The molecule has 3 rings (SSSR count). The maximum atomic E-state index is 6.03. The summed E-state index contributed by atoms with van der Waals surface area (Å²) in [6.45, 7) is 4.29. The highest BCUT2D eigenvalue weighted by molar-refractivity contribution is 5.79. The van der Waals surface area contributed by atoms with Crippen LogP contribution < -0.4 is 15.4 Å². The van der Waals surface area contributed by atoms with Gasteiger partial charge in [0.2, 0.25) is 0 Å². The van der Waals surface area contributed by atoms with Crippen LogP contribution in [0.25, 0.3) is 0 Å². The number of ether oxygens (including phenoxy) is 3. The fourth-order valence-electron chi connectivity index (χ4n) is 3.30. The summed E-state index contributed by atoms with van der Waals surface area (Å²) in [7, 11) is 1.78. The molecule has 30 heavy (non-hydrogen) atoms. The van der Waals surface area contributed by atoms with E-state index in [9.17, 15) is 0 Å². The summed E-state index contributed by atoms with van der Waals surface area (Å²) in [4.78, 5) is 4.30. The summed E-state index contributed by atoms with van der Waals surface area (Å²) in [6.07, 6.45) is 3.48. The zero-order valence-corrected chi connectivity index (χ0v) is 17.8. The van der Waals surface area contributed by atoms with Gasteiger partial charge in [0.05, 0.1) is 12.7 Å². The lowest BCUT2D eigenvalue weighted by atomic mass is 10.2. The van der Waals surface area contributed by atoms with Gasteiger partial charge in [0.15, 0.2) is 5.96 Å². The predicted octanol–water partition coefficient (Wildman–Crippen LogP) is 3.52. The minimum Gasteiger partial charge on any atom is -0.489 e. The number of benzene rings is 2. The molecule has 2 aromatic carbocycles. The summed E-state index contributed by atoms with van der Waals surface area (Å²) in [5, 5.41) is 6.69. The van der Waals surface area contributed by atoms with E-state index in [1.165, 1.54) is 0 Å². The molecule has 0 amide bonds. The largest absolute Gasteiger partial charge is 0.489 e. The number of rotatable bonds is 11. The van der Waals surface area contributed by atoms with Crippen molar-refractivity contribution in [1.82, 2.24) is 10.6 Å². The van der Waals surface area contributed by atoms with Crippen LogP contribution in [0.3, 0.4) is 0 Å². The van der Waals surface area contributed by atoms with Crippen molar-refractivity contribution in [3.8, 4) is 5.75 Å². The van der Waals surface area contributed by atoms with E-state index in [2.05, 4.69) is 33.8 Å². The lowest BCUT2D eigenvalue weighted by Crippen LogP contribution is -2.37. The molecule has 0 bridgehead atoms. The van der Waals surface area contributed by atoms with Gasteiger partial charge in [-0.1, -0.05) is 48.5 Å². The lowest BCUT2D eigenvalue weighted by molar-refractivity contribution is 0.0168. The average molecular weight is 412 g/mol. The van der Waals surface area contributed by atoms with Crippen molar-refractivity contribution in [2.45, 2.75) is 38.5 Å². The minimum absolute atomic E-state index is 0.288. The SMILES string of the molecule is CN=C(NCCCOCC1CCCO1)NCc1ccccc1OCc1ccccc1. The Labute approximate surface area is 179 Å². The van der Waals surface area contributed by atoms with Crippen molar-refractivity contribution in [2.24, 2.45) is 4.99 Å². The predicted molar refractivity (Wildman–Crippen MR) is 120 cm³/mol. The summed E-state index contributed by atoms with van der Waals surface area (Å²) >= 11 is 0. The van der Waals surface area contributed by atoms with Crippen molar-refractivity contribution in [1.29, 1.82) is 0 Å². The van der Waals surface area contributed by atoms with Gasteiger partial charge in [-0.15, -0.1) is 0 Å². The Morgan fingerprint density at radius 3 is 2.73 bits per heavy atom. The molecule has 6 heteroatoms. The van der Waals surface area contributed by atoms with Gasteiger partial charge >= 0.3 is 0 Å². The first-order chi connectivity index (χ1) is 14.8. The minimum atomic E-state index is 0.288. The Kier molecular flexibility index (Phi) is 9.50. The second kappa shape index (κ2) is 12.9. The van der Waals surface area contributed by atoms with Crippen molar-refractivity contribution in [3.05, 3.63) is 65.7 Å². The average Bonchev–Trinajstić information content (AvgIpc) is 3.31. The quantitative estimate of drug-likeness (QED) is 0.337. The summed E-state index contributed by atoms with van der Waals surface area (Å²) in [6, 6.07) is 18.3. The Bertz CT molecular complexity index is 761. The van der Waals surface area contributed by atoms with Gasteiger partial charge in [-0.25, -0.2) is 0 Å². The molecule has 0 aliphatic carbocycles. The standard InChI is InChI=1S/C24H33N3O3/c1-25-24(26-14-8-15-28-19-22-12-7-16-29-22)27-17-21-11-5-6-13-23(21)30-18-20-9-3-2-4-10-20/h2-6,9-11,13,22H,7-8,12,14-19H2,1H3,(H2,25,26,27). The molecule has 0 spiro atoms. The van der Waals surface area contributed by atoms with Crippen LogP contribution in [0.5, 0.6) is 5.75 Å². The number of guanidine groups is 1. The molecule has 1 heterocycles. The van der Waals surface area contributed by atoms with E-state index in [0.717, 1.165) is 61.9 Å². The molecule has 1 atom stereocenters. The van der Waals surface area contributed by atoms with E-state index in [1.807, 2.05) is 36.4 Å². The molecular formula is C24H33N3O3. The third kappa shape index (κ3) is 7.69. The van der Waals surface area contributed by atoms with E-state index in [1.54, 1.807) is 7.05 Å². The first kappa shape index (κ1) is 22.1. The highest BCUT2D eigenvalue weighted by Gasteiger charge is 2.14. The Hall–Kier alpha value is -2.57. The van der Waals surface area contributed by atoms with Crippen LogP contribution in [0.15, 0.2) is 59.6 Å². The van der Waals surface area contributed by atoms with Gasteiger partial charge in [-0.3, -0.25) is 4.99 Å². The van der Waals surface area contributed by atoms with Gasteiger partial charge in [-0.2, -0.15) is 0 Å². The van der Waals surface area contributed by atoms with Gasteiger partial charge in [0.1, 0.15) is 12.4 Å². The summed E-state index contributed by atoms with van der Waals surface area (Å²) < 4.78 is 17.3. The van der Waals surface area contributed by atoms with Gasteiger partial charge in [-0.05, 0) is 30.9 Å². The molecule has 2 aromatic rings. The zero-order chi connectivity index (χ0) is 20.9. The lowest BCUT2D eigenvalue weighted by Gasteiger charge is -2.15. The Morgan fingerprint density at radius 1 is 1.10 bits per heavy atom. The third-order valence-corrected chi connectivity index (χ3v) is 4.97. The van der Waals surface area contributed by atoms with Gasteiger partial charge in [0, 0.05) is 38.9 Å². The van der Waals surface area contributed by atoms with Crippen LogP contribution in [0.1, 0.15) is 30.4 Å². The van der Waals surface area contributed by atoms with Crippen molar-refractivity contribution < 1.29 is 14.2 Å². The molecule has 0 radical (unpaired) electrons. The van der Waals surface area contributed by atoms with Crippen LogP contribution in [0.4, 0.5) is 0 Å². The molecule has 1 saturated heterocycles. The second-order valence-corrected chi connectivity index (χ2v) is 7.30. The van der Waals surface area contributed by atoms with E-state index in [-0.39, 0.29) is 6.10 Å². The van der Waals surface area contributed by atoms with Crippen LogP contribution in [-0.4, -0.2) is 45.5 Å². The van der Waals surface area contributed by atoms with Crippen LogP contribution in [-0.2, 0) is 22.6 Å². The first-order valence-corrected chi connectivity index (χ1v) is 10.7. The maximum Gasteiger partial charge on any atom is 0.191 e. The smallest absolute Gasteiger partial charge is 0.191 e. The molecule has 2 N–H and O–H groups in total. The third-order valence-electron chi connectivity index (χ3n) is 4.97. The monoisotopic (exact) mass is 411 g/mol. The van der Waals surface area contributed by atoms with E-state index in [4.69, 9.17) is 14.2 Å². The fraction of sp³-hybridized carbons (Fsp3) is 0.458.